The van der Waals surface area contributed by atoms with Gasteiger partial charge in [-0.15, -0.1) is 0 Å². The molecule has 1 aliphatic carbocycles. The van der Waals surface area contributed by atoms with Crippen LogP contribution in [0, 0.1) is 5.82 Å². The minimum absolute atomic E-state index is 0.0455. The summed E-state index contributed by atoms with van der Waals surface area (Å²) >= 11 is 0. The van der Waals surface area contributed by atoms with Gasteiger partial charge in [-0.3, -0.25) is 4.79 Å². The molecule has 0 aromatic heterocycles. The third-order valence-corrected chi connectivity index (χ3v) is 5.54. The van der Waals surface area contributed by atoms with Crippen molar-refractivity contribution in [2.45, 2.75) is 31.8 Å². The van der Waals surface area contributed by atoms with Gasteiger partial charge in [0.2, 0.25) is 0 Å². The van der Waals surface area contributed by atoms with Crippen LogP contribution >= 0.6 is 0 Å². The molecule has 0 spiro atoms. The summed E-state index contributed by atoms with van der Waals surface area (Å²) in [4.78, 5) is 12.7. The summed E-state index contributed by atoms with van der Waals surface area (Å²) in [5.74, 6) is -0.298. The fourth-order valence-corrected chi connectivity index (χ4v) is 3.97. The number of carbonyl (C=O) groups excluding carboxylic acids is 1. The molecule has 4 heteroatoms. The maximum atomic E-state index is 13.1. The Balaban J connectivity index is 1.40. The molecule has 1 atom stereocenters. The topological polar surface area (TPSA) is 41.1 Å². The summed E-state index contributed by atoms with van der Waals surface area (Å²) in [6.07, 6.45) is 2.81. The van der Waals surface area contributed by atoms with E-state index in [0.29, 0.717) is 5.56 Å². The summed E-state index contributed by atoms with van der Waals surface area (Å²) in [5.41, 5.74) is 6.56. The van der Waals surface area contributed by atoms with E-state index in [9.17, 15) is 9.18 Å². The zero-order valence-corrected chi connectivity index (χ0v) is 16.5. The Hall–Kier alpha value is -2.98. The fourth-order valence-electron chi connectivity index (χ4n) is 3.97. The molecule has 0 fully saturated rings. The lowest BCUT2D eigenvalue weighted by molar-refractivity contribution is 0.0933. The highest BCUT2D eigenvalue weighted by Gasteiger charge is 2.21. The smallest absolute Gasteiger partial charge is 0.251 e. The van der Waals surface area contributed by atoms with Crippen molar-refractivity contribution in [3.63, 3.8) is 0 Å². The van der Waals surface area contributed by atoms with E-state index < -0.39 is 0 Å². The summed E-state index contributed by atoms with van der Waals surface area (Å²) in [5, 5.41) is 6.37. The molecule has 0 saturated carbocycles. The minimum atomic E-state index is -0.253. The van der Waals surface area contributed by atoms with Crippen molar-refractivity contribution in [2.24, 2.45) is 0 Å². The lowest BCUT2D eigenvalue weighted by Crippen LogP contribution is -2.38. The molecule has 1 unspecified atom stereocenters. The van der Waals surface area contributed by atoms with Gasteiger partial charge in [-0.2, -0.15) is 0 Å². The van der Waals surface area contributed by atoms with Gasteiger partial charge in [0.05, 0.1) is 0 Å². The van der Waals surface area contributed by atoms with Crippen molar-refractivity contribution in [1.29, 1.82) is 0 Å². The summed E-state index contributed by atoms with van der Waals surface area (Å²) < 4.78 is 13.1. The monoisotopic (exact) mass is 388 g/mol. The van der Waals surface area contributed by atoms with Crippen LogP contribution in [0.1, 0.15) is 33.5 Å². The minimum Gasteiger partial charge on any atom is -0.349 e. The first-order chi connectivity index (χ1) is 14.1. The van der Waals surface area contributed by atoms with Crippen LogP contribution in [0.5, 0.6) is 0 Å². The molecule has 148 valence electrons. The highest BCUT2D eigenvalue weighted by molar-refractivity contribution is 5.94. The van der Waals surface area contributed by atoms with Gasteiger partial charge in [-0.1, -0.05) is 42.5 Å². The number of aryl methyl sites for hydroxylation is 1. The van der Waals surface area contributed by atoms with Crippen LogP contribution in [0.25, 0.3) is 11.1 Å². The zero-order chi connectivity index (χ0) is 20.2. The normalized spacial score (nSPS) is 15.6. The number of halogens is 1. The molecule has 3 aromatic rings. The molecule has 29 heavy (non-hydrogen) atoms. The fraction of sp³-hybridized carbons (Fsp3) is 0.240. The lowest BCUT2D eigenvalue weighted by atomic mass is 9.87. The van der Waals surface area contributed by atoms with Crippen LogP contribution < -0.4 is 10.6 Å². The number of amides is 1. The molecule has 3 nitrogen and oxygen atoms in total. The number of hydrogen-bond acceptors (Lipinski definition) is 2. The molecule has 0 bridgehead atoms. The maximum absolute atomic E-state index is 13.1. The lowest BCUT2D eigenvalue weighted by Gasteiger charge is -2.26. The van der Waals surface area contributed by atoms with Crippen LogP contribution in [-0.4, -0.2) is 19.0 Å². The van der Waals surface area contributed by atoms with Gasteiger partial charge in [0.25, 0.3) is 5.91 Å². The first-order valence-electron chi connectivity index (χ1n) is 10.0. The molecule has 3 aromatic carbocycles. The van der Waals surface area contributed by atoms with Gasteiger partial charge < -0.3 is 10.6 Å². The Kier molecular flexibility index (Phi) is 5.72. The first kappa shape index (κ1) is 19.3. The standard InChI is InChI=1S/C25H25FN2O/c1-27-16-17-2-3-22-15-24(13-10-21(22)14-17)28-25(29)20-6-4-18(5-7-20)19-8-11-23(26)12-9-19/h2-9,11-12,14,24,27H,10,13,15-16H2,1H3,(H,28,29). The van der Waals surface area contributed by atoms with E-state index in [0.717, 1.165) is 36.9 Å². The molecule has 2 N–H and O–H groups in total. The average molecular weight is 388 g/mol. The second-order valence-corrected chi connectivity index (χ2v) is 7.63. The van der Waals surface area contributed by atoms with E-state index in [4.69, 9.17) is 0 Å². The second kappa shape index (κ2) is 8.58. The van der Waals surface area contributed by atoms with Crippen molar-refractivity contribution >= 4 is 5.91 Å². The van der Waals surface area contributed by atoms with Gasteiger partial charge >= 0.3 is 0 Å². The molecular formula is C25H25FN2O. The van der Waals surface area contributed by atoms with Crippen molar-refractivity contribution in [3.05, 3.63) is 94.8 Å². The summed E-state index contributed by atoms with van der Waals surface area (Å²) in [7, 11) is 1.96. The average Bonchev–Trinajstić information content (AvgIpc) is 2.75. The van der Waals surface area contributed by atoms with Crippen molar-refractivity contribution in [3.8, 4) is 11.1 Å². The van der Waals surface area contributed by atoms with Crippen molar-refractivity contribution in [1.82, 2.24) is 10.6 Å². The third kappa shape index (κ3) is 4.54. The predicted octanol–water partition coefficient (Wildman–Crippen LogP) is 4.50. The van der Waals surface area contributed by atoms with E-state index in [-0.39, 0.29) is 17.8 Å². The van der Waals surface area contributed by atoms with Crippen LogP contribution in [0.15, 0.2) is 66.7 Å². The van der Waals surface area contributed by atoms with Gasteiger partial charge in [0.15, 0.2) is 0 Å². The van der Waals surface area contributed by atoms with E-state index in [2.05, 4.69) is 28.8 Å². The number of hydrogen-bond donors (Lipinski definition) is 2. The van der Waals surface area contributed by atoms with Crippen LogP contribution in [0.4, 0.5) is 4.39 Å². The van der Waals surface area contributed by atoms with Gasteiger partial charge in [-0.25, -0.2) is 4.39 Å². The molecule has 1 aliphatic rings. The quantitative estimate of drug-likeness (QED) is 0.676. The number of benzene rings is 3. The van der Waals surface area contributed by atoms with Crippen LogP contribution in [-0.2, 0) is 19.4 Å². The molecule has 1 amide bonds. The van der Waals surface area contributed by atoms with E-state index in [1.165, 1.54) is 28.8 Å². The van der Waals surface area contributed by atoms with Gasteiger partial charge in [-0.05, 0) is 78.4 Å². The highest BCUT2D eigenvalue weighted by atomic mass is 19.1. The summed E-state index contributed by atoms with van der Waals surface area (Å²) in [6.45, 7) is 0.876. The predicted molar refractivity (Wildman–Crippen MR) is 114 cm³/mol. The molecule has 4 rings (SSSR count). The molecule has 0 saturated heterocycles. The van der Waals surface area contributed by atoms with Crippen LogP contribution in [0.3, 0.4) is 0 Å². The molecular weight excluding hydrogens is 363 g/mol. The Morgan fingerprint density at radius 3 is 2.34 bits per heavy atom. The molecule has 0 aliphatic heterocycles. The van der Waals surface area contributed by atoms with Crippen LogP contribution in [0.2, 0.25) is 0 Å². The first-order valence-corrected chi connectivity index (χ1v) is 10.0. The Bertz CT molecular complexity index is 996. The largest absolute Gasteiger partial charge is 0.349 e. The third-order valence-electron chi connectivity index (χ3n) is 5.54. The van der Waals surface area contributed by atoms with Gasteiger partial charge in [0, 0.05) is 18.2 Å². The number of rotatable bonds is 5. The van der Waals surface area contributed by atoms with Crippen molar-refractivity contribution in [2.75, 3.05) is 7.05 Å². The van der Waals surface area contributed by atoms with E-state index >= 15 is 0 Å². The number of nitrogens with one attached hydrogen (secondary N) is 2. The van der Waals surface area contributed by atoms with Gasteiger partial charge in [0.1, 0.15) is 5.82 Å². The Morgan fingerprint density at radius 1 is 0.966 bits per heavy atom. The second-order valence-electron chi connectivity index (χ2n) is 7.63. The number of fused-ring (bicyclic) bond motifs is 1. The maximum Gasteiger partial charge on any atom is 0.251 e. The number of carbonyl (C=O) groups is 1. The Labute approximate surface area is 171 Å². The van der Waals surface area contributed by atoms with E-state index in [1.54, 1.807) is 12.1 Å². The highest BCUT2D eigenvalue weighted by Crippen LogP contribution is 2.24. The SMILES string of the molecule is CNCc1ccc2c(c1)CCC(NC(=O)c1ccc(-c3ccc(F)cc3)cc1)C2. The molecule has 0 heterocycles. The van der Waals surface area contributed by atoms with E-state index in [1.807, 2.05) is 31.3 Å². The Morgan fingerprint density at radius 2 is 1.66 bits per heavy atom. The summed E-state index contributed by atoms with van der Waals surface area (Å²) in [6, 6.07) is 20.6. The zero-order valence-electron chi connectivity index (χ0n) is 16.5. The van der Waals surface area contributed by atoms with Crippen molar-refractivity contribution < 1.29 is 9.18 Å². The molecule has 0 radical (unpaired) electrons.